The zero-order chi connectivity index (χ0) is 24.7. The topological polar surface area (TPSA) is 69.1 Å². The molecule has 5 rings (SSSR count). The van der Waals surface area contributed by atoms with E-state index in [4.69, 9.17) is 16.3 Å². The standard InChI is InChI=1S/C26H27ClFN3O3S/c1-26(33,15-32)14-30-7-9-31(10-8-30)25-20-13-21(27)22(23(28)24(20)29-35-25)19-12-17(34-2)11-16-5-3-4-6-18(16)19/h3-6,11-13,32-33H,7-10,14-15H2,1-2H3. The van der Waals surface area contributed by atoms with E-state index in [0.29, 0.717) is 52.4 Å². The Morgan fingerprint density at radius 1 is 1.14 bits per heavy atom. The first-order valence-corrected chi connectivity index (χ1v) is 12.6. The molecule has 0 amide bonds. The lowest BCUT2D eigenvalue weighted by Gasteiger charge is -2.38. The Balaban J connectivity index is 1.50. The van der Waals surface area contributed by atoms with E-state index in [2.05, 4.69) is 14.2 Å². The minimum absolute atomic E-state index is 0.282. The summed E-state index contributed by atoms with van der Waals surface area (Å²) in [6.07, 6.45) is 0. The Morgan fingerprint density at radius 3 is 2.60 bits per heavy atom. The van der Waals surface area contributed by atoms with Crippen molar-refractivity contribution in [2.24, 2.45) is 0 Å². The van der Waals surface area contributed by atoms with Gasteiger partial charge in [-0.05, 0) is 53.0 Å². The zero-order valence-electron chi connectivity index (χ0n) is 19.6. The van der Waals surface area contributed by atoms with E-state index < -0.39 is 11.4 Å². The van der Waals surface area contributed by atoms with Gasteiger partial charge in [0.05, 0.1) is 24.3 Å². The smallest absolute Gasteiger partial charge is 0.159 e. The van der Waals surface area contributed by atoms with Crippen molar-refractivity contribution >= 4 is 49.8 Å². The minimum Gasteiger partial charge on any atom is -0.497 e. The maximum Gasteiger partial charge on any atom is 0.159 e. The van der Waals surface area contributed by atoms with Gasteiger partial charge in [-0.25, -0.2) is 4.39 Å². The molecule has 184 valence electrons. The van der Waals surface area contributed by atoms with E-state index in [0.717, 1.165) is 28.9 Å². The molecule has 0 spiro atoms. The number of aromatic nitrogens is 1. The number of rotatable bonds is 6. The predicted octanol–water partition coefficient (Wildman–Crippen LogP) is 4.78. The van der Waals surface area contributed by atoms with Crippen molar-refractivity contribution in [1.29, 1.82) is 0 Å². The van der Waals surface area contributed by atoms with Crippen molar-refractivity contribution in [3.8, 4) is 16.9 Å². The fraction of sp³-hybridized carbons (Fsp3) is 0.346. The molecule has 6 nitrogen and oxygen atoms in total. The molecule has 1 atom stereocenters. The molecule has 4 aromatic rings. The number of hydrogen-bond acceptors (Lipinski definition) is 7. The third-order valence-corrected chi connectivity index (χ3v) is 7.77. The highest BCUT2D eigenvalue weighted by Gasteiger charge is 2.28. The van der Waals surface area contributed by atoms with Crippen molar-refractivity contribution in [3.63, 3.8) is 0 Å². The average Bonchev–Trinajstić information content (AvgIpc) is 3.28. The summed E-state index contributed by atoms with van der Waals surface area (Å²) in [6.45, 7) is 4.61. The molecule has 2 N–H and O–H groups in total. The molecule has 1 fully saturated rings. The second-order valence-corrected chi connectivity index (χ2v) is 10.4. The maximum atomic E-state index is 16.0. The van der Waals surface area contributed by atoms with Crippen LogP contribution in [0.2, 0.25) is 5.02 Å². The SMILES string of the molecule is COc1cc(-c2c(Cl)cc3c(N4CCN(CC(C)(O)CO)CC4)snc3c2F)c2ccccc2c1. The Hall–Kier alpha value is -2.49. The molecule has 3 aromatic carbocycles. The molecule has 1 unspecified atom stereocenters. The van der Waals surface area contributed by atoms with E-state index in [1.807, 2.05) is 42.5 Å². The highest BCUT2D eigenvalue weighted by atomic mass is 35.5. The Kier molecular flexibility index (Phi) is 6.59. The third kappa shape index (κ3) is 4.57. The van der Waals surface area contributed by atoms with Crippen LogP contribution >= 0.6 is 23.1 Å². The Morgan fingerprint density at radius 2 is 1.89 bits per heavy atom. The molecule has 35 heavy (non-hydrogen) atoms. The van der Waals surface area contributed by atoms with Gasteiger partial charge in [0.25, 0.3) is 0 Å². The van der Waals surface area contributed by atoms with E-state index in [-0.39, 0.29) is 6.61 Å². The number of halogens is 2. The van der Waals surface area contributed by atoms with Crippen LogP contribution in [-0.2, 0) is 0 Å². The summed E-state index contributed by atoms with van der Waals surface area (Å²) < 4.78 is 25.9. The van der Waals surface area contributed by atoms with Gasteiger partial charge in [-0.2, -0.15) is 4.37 Å². The van der Waals surface area contributed by atoms with Gasteiger partial charge in [0.2, 0.25) is 0 Å². The summed E-state index contributed by atoms with van der Waals surface area (Å²) >= 11 is 8.01. The Labute approximate surface area is 212 Å². The fourth-order valence-corrected chi connectivity index (χ4v) is 5.92. The molecule has 0 saturated carbocycles. The summed E-state index contributed by atoms with van der Waals surface area (Å²) in [5.74, 6) is 0.192. The van der Waals surface area contributed by atoms with Crippen LogP contribution in [0.5, 0.6) is 5.75 Å². The first-order valence-electron chi connectivity index (χ1n) is 11.5. The van der Waals surface area contributed by atoms with E-state index >= 15 is 4.39 Å². The number of anilines is 1. The molecule has 1 aromatic heterocycles. The third-order valence-electron chi connectivity index (χ3n) is 6.55. The normalized spacial score (nSPS) is 16.7. The van der Waals surface area contributed by atoms with Crippen molar-refractivity contribution in [2.75, 3.05) is 51.3 Å². The summed E-state index contributed by atoms with van der Waals surface area (Å²) in [6, 6.07) is 13.3. The van der Waals surface area contributed by atoms with E-state index in [1.54, 1.807) is 14.0 Å². The monoisotopic (exact) mass is 515 g/mol. The van der Waals surface area contributed by atoms with Gasteiger partial charge < -0.3 is 19.8 Å². The van der Waals surface area contributed by atoms with Gasteiger partial charge in [-0.15, -0.1) is 0 Å². The first-order chi connectivity index (χ1) is 16.8. The van der Waals surface area contributed by atoms with Crippen LogP contribution in [0.3, 0.4) is 0 Å². The van der Waals surface area contributed by atoms with Gasteiger partial charge in [0.15, 0.2) is 5.82 Å². The van der Waals surface area contributed by atoms with Crippen molar-refractivity contribution < 1.29 is 19.3 Å². The van der Waals surface area contributed by atoms with E-state index in [1.165, 1.54) is 11.5 Å². The molecule has 1 saturated heterocycles. The molecular formula is C26H27ClFN3O3S. The van der Waals surface area contributed by atoms with Crippen LogP contribution in [0.25, 0.3) is 32.8 Å². The molecule has 1 aliphatic rings. The van der Waals surface area contributed by atoms with Crippen molar-refractivity contribution in [3.05, 3.63) is 53.3 Å². The van der Waals surface area contributed by atoms with Crippen LogP contribution in [0.15, 0.2) is 42.5 Å². The van der Waals surface area contributed by atoms with Crippen molar-refractivity contribution in [1.82, 2.24) is 9.27 Å². The molecule has 1 aliphatic heterocycles. The lowest BCUT2D eigenvalue weighted by atomic mass is 9.96. The van der Waals surface area contributed by atoms with Crippen molar-refractivity contribution in [2.45, 2.75) is 12.5 Å². The molecular weight excluding hydrogens is 489 g/mol. The van der Waals surface area contributed by atoms with E-state index in [9.17, 15) is 10.2 Å². The lowest BCUT2D eigenvalue weighted by molar-refractivity contribution is -0.0263. The molecule has 0 bridgehead atoms. The van der Waals surface area contributed by atoms with Crippen LogP contribution in [0.1, 0.15) is 6.92 Å². The van der Waals surface area contributed by atoms with Gasteiger partial charge in [0, 0.05) is 43.7 Å². The number of β-amino-alcohol motifs (C(OH)–C–C–N with tert-alkyl or cyclic N) is 1. The minimum atomic E-state index is -1.13. The van der Waals surface area contributed by atoms with Gasteiger partial charge in [-0.1, -0.05) is 35.9 Å². The van der Waals surface area contributed by atoms with Crippen LogP contribution in [0.4, 0.5) is 9.39 Å². The zero-order valence-corrected chi connectivity index (χ0v) is 21.2. The van der Waals surface area contributed by atoms with Gasteiger partial charge in [0.1, 0.15) is 16.3 Å². The first kappa shape index (κ1) is 24.2. The summed E-state index contributed by atoms with van der Waals surface area (Å²) in [4.78, 5) is 4.30. The number of benzene rings is 3. The second-order valence-electron chi connectivity index (χ2n) is 9.25. The second kappa shape index (κ2) is 9.52. The molecule has 0 aliphatic carbocycles. The predicted molar refractivity (Wildman–Crippen MR) is 140 cm³/mol. The number of aliphatic hydroxyl groups is 2. The number of nitrogens with zero attached hydrogens (tertiary/aromatic N) is 3. The number of fused-ring (bicyclic) bond motifs is 2. The van der Waals surface area contributed by atoms with Gasteiger partial charge in [-0.3, -0.25) is 4.90 Å². The largest absolute Gasteiger partial charge is 0.497 e. The molecule has 0 radical (unpaired) electrons. The average molecular weight is 516 g/mol. The van der Waals surface area contributed by atoms with Gasteiger partial charge >= 0.3 is 0 Å². The number of aliphatic hydroxyl groups excluding tert-OH is 1. The maximum absolute atomic E-state index is 16.0. The number of hydrogen-bond donors (Lipinski definition) is 2. The Bertz CT molecular complexity index is 1390. The quantitative estimate of drug-likeness (QED) is 0.385. The summed E-state index contributed by atoms with van der Waals surface area (Å²) in [7, 11) is 1.59. The molecule has 9 heteroatoms. The highest BCUT2D eigenvalue weighted by Crippen LogP contribution is 2.44. The lowest BCUT2D eigenvalue weighted by Crippen LogP contribution is -2.52. The summed E-state index contributed by atoms with van der Waals surface area (Å²) in [5, 5.41) is 23.2. The van der Waals surface area contributed by atoms with Crippen LogP contribution < -0.4 is 9.64 Å². The molecule has 2 heterocycles. The van der Waals surface area contributed by atoms with Crippen LogP contribution in [-0.4, -0.2) is 71.5 Å². The number of methoxy groups -OCH3 is 1. The number of piperazine rings is 1. The summed E-state index contributed by atoms with van der Waals surface area (Å²) in [5.41, 5.74) is 0.170. The fourth-order valence-electron chi connectivity index (χ4n) is 4.72. The van der Waals surface area contributed by atoms with Crippen LogP contribution in [0, 0.1) is 5.82 Å². The highest BCUT2D eigenvalue weighted by molar-refractivity contribution is 7.11. The number of ether oxygens (including phenoxy) is 1.